The van der Waals surface area contributed by atoms with Gasteiger partial charge in [0, 0.05) is 6.54 Å². The summed E-state index contributed by atoms with van der Waals surface area (Å²) in [5.41, 5.74) is 3.76. The van der Waals surface area contributed by atoms with Crippen LogP contribution in [0.25, 0.3) is 0 Å². The van der Waals surface area contributed by atoms with E-state index in [1.54, 1.807) is 0 Å². The molecule has 0 atom stereocenters. The first-order chi connectivity index (χ1) is 6.86. The summed E-state index contributed by atoms with van der Waals surface area (Å²) in [4.78, 5) is 0. The number of hydrogen-bond donors (Lipinski definition) is 2. The Morgan fingerprint density at radius 3 is 3.00 bits per heavy atom. The van der Waals surface area contributed by atoms with Gasteiger partial charge in [-0.1, -0.05) is 25.5 Å². The maximum atomic E-state index is 5.56. The van der Waals surface area contributed by atoms with Crippen LogP contribution < -0.4 is 16.0 Å². The van der Waals surface area contributed by atoms with Crippen molar-refractivity contribution in [1.29, 1.82) is 0 Å². The van der Waals surface area contributed by atoms with Gasteiger partial charge in [-0.15, -0.1) is 0 Å². The van der Waals surface area contributed by atoms with E-state index in [1.807, 2.05) is 24.3 Å². The maximum absolute atomic E-state index is 5.56. The van der Waals surface area contributed by atoms with Gasteiger partial charge in [0.25, 0.3) is 0 Å². The lowest BCUT2D eigenvalue weighted by Gasteiger charge is -2.06. The van der Waals surface area contributed by atoms with Gasteiger partial charge >= 0.3 is 0 Å². The van der Waals surface area contributed by atoms with Gasteiger partial charge in [-0.3, -0.25) is 11.3 Å². The van der Waals surface area contributed by atoms with Gasteiger partial charge in [0.2, 0.25) is 0 Å². The van der Waals surface area contributed by atoms with E-state index in [2.05, 4.69) is 12.3 Å². The lowest BCUT2D eigenvalue weighted by Crippen LogP contribution is -2.20. The third-order valence-corrected chi connectivity index (χ3v) is 1.97. The van der Waals surface area contributed by atoms with Crippen molar-refractivity contribution < 1.29 is 4.74 Å². The Kier molecular flexibility index (Phi) is 5.04. The van der Waals surface area contributed by atoms with Gasteiger partial charge < -0.3 is 4.74 Å². The summed E-state index contributed by atoms with van der Waals surface area (Å²) < 4.78 is 5.56. The van der Waals surface area contributed by atoms with Crippen molar-refractivity contribution in [2.45, 2.75) is 26.3 Å². The van der Waals surface area contributed by atoms with E-state index in [0.29, 0.717) is 6.54 Å². The topological polar surface area (TPSA) is 47.3 Å². The molecular weight excluding hydrogens is 176 g/mol. The Morgan fingerprint density at radius 1 is 1.43 bits per heavy atom. The van der Waals surface area contributed by atoms with E-state index in [1.165, 1.54) is 0 Å². The monoisotopic (exact) mass is 194 g/mol. The Hall–Kier alpha value is -1.06. The molecule has 0 saturated heterocycles. The molecule has 3 N–H and O–H groups in total. The highest BCUT2D eigenvalue weighted by molar-refractivity contribution is 5.28. The molecule has 0 unspecified atom stereocenters. The Bertz CT molecular complexity index is 263. The van der Waals surface area contributed by atoms with E-state index in [4.69, 9.17) is 10.6 Å². The van der Waals surface area contributed by atoms with Crippen molar-refractivity contribution >= 4 is 0 Å². The van der Waals surface area contributed by atoms with Crippen molar-refractivity contribution in [3.8, 4) is 5.75 Å². The molecule has 0 saturated carbocycles. The largest absolute Gasteiger partial charge is 0.494 e. The number of nitrogens with two attached hydrogens (primary N) is 1. The molecule has 1 aromatic rings. The highest BCUT2D eigenvalue weighted by atomic mass is 16.5. The molecule has 0 aliphatic heterocycles. The second kappa shape index (κ2) is 6.40. The molecule has 0 heterocycles. The smallest absolute Gasteiger partial charge is 0.119 e. The molecule has 0 amide bonds. The fourth-order valence-corrected chi connectivity index (χ4v) is 1.20. The van der Waals surface area contributed by atoms with Gasteiger partial charge in [0.1, 0.15) is 5.75 Å². The van der Waals surface area contributed by atoms with Crippen molar-refractivity contribution in [2.24, 2.45) is 5.84 Å². The third-order valence-electron chi connectivity index (χ3n) is 1.97. The zero-order valence-corrected chi connectivity index (χ0v) is 8.62. The molecule has 3 nitrogen and oxygen atoms in total. The molecule has 0 aromatic heterocycles. The molecule has 0 aliphatic rings. The highest BCUT2D eigenvalue weighted by Crippen LogP contribution is 2.13. The zero-order valence-electron chi connectivity index (χ0n) is 8.62. The minimum Gasteiger partial charge on any atom is -0.494 e. The number of rotatable bonds is 6. The molecule has 0 bridgehead atoms. The predicted octanol–water partition coefficient (Wildman–Crippen LogP) is 1.83. The molecule has 1 rings (SSSR count). The molecule has 3 heteroatoms. The zero-order chi connectivity index (χ0) is 10.2. The molecular formula is C11H18N2O. The lowest BCUT2D eigenvalue weighted by atomic mass is 10.2. The second-order valence-electron chi connectivity index (χ2n) is 3.23. The first-order valence-corrected chi connectivity index (χ1v) is 5.02. The van der Waals surface area contributed by atoms with Crippen LogP contribution in [0.15, 0.2) is 24.3 Å². The SMILES string of the molecule is CCCCOc1cccc(CNN)c1. The number of unbranched alkanes of at least 4 members (excludes halogenated alkanes) is 1. The molecule has 0 aliphatic carbocycles. The predicted molar refractivity (Wildman–Crippen MR) is 57.9 cm³/mol. The van der Waals surface area contributed by atoms with Gasteiger partial charge in [0.05, 0.1) is 6.61 Å². The van der Waals surface area contributed by atoms with E-state index in [-0.39, 0.29) is 0 Å². The lowest BCUT2D eigenvalue weighted by molar-refractivity contribution is 0.309. The summed E-state index contributed by atoms with van der Waals surface area (Å²) in [6.45, 7) is 3.61. The average molecular weight is 194 g/mol. The third kappa shape index (κ3) is 3.77. The Balaban J connectivity index is 2.46. The standard InChI is InChI=1S/C11H18N2O/c1-2-3-7-14-11-6-4-5-10(8-11)9-13-12/h4-6,8,13H,2-3,7,9,12H2,1H3. The van der Waals surface area contributed by atoms with Crippen LogP contribution in [0.1, 0.15) is 25.3 Å². The van der Waals surface area contributed by atoms with E-state index in [0.717, 1.165) is 30.8 Å². The molecule has 0 spiro atoms. The van der Waals surface area contributed by atoms with E-state index >= 15 is 0 Å². The Morgan fingerprint density at radius 2 is 2.29 bits per heavy atom. The van der Waals surface area contributed by atoms with E-state index < -0.39 is 0 Å². The number of hydrazine groups is 1. The molecule has 0 fully saturated rings. The minimum atomic E-state index is 0.672. The second-order valence-corrected chi connectivity index (χ2v) is 3.23. The van der Waals surface area contributed by atoms with Gasteiger partial charge in [0.15, 0.2) is 0 Å². The fourth-order valence-electron chi connectivity index (χ4n) is 1.20. The van der Waals surface area contributed by atoms with Crippen LogP contribution in [-0.4, -0.2) is 6.61 Å². The first kappa shape index (κ1) is 11.0. The summed E-state index contributed by atoms with van der Waals surface area (Å²) in [6.07, 6.45) is 2.25. The average Bonchev–Trinajstić information content (AvgIpc) is 2.19. The molecule has 14 heavy (non-hydrogen) atoms. The fraction of sp³-hybridized carbons (Fsp3) is 0.455. The number of hydrogen-bond acceptors (Lipinski definition) is 3. The summed E-state index contributed by atoms with van der Waals surface area (Å²) >= 11 is 0. The molecule has 78 valence electrons. The van der Waals surface area contributed by atoms with Crippen LogP contribution >= 0.6 is 0 Å². The van der Waals surface area contributed by atoms with Crippen LogP contribution in [0, 0.1) is 0 Å². The van der Waals surface area contributed by atoms with E-state index in [9.17, 15) is 0 Å². The van der Waals surface area contributed by atoms with Gasteiger partial charge in [-0.05, 0) is 24.1 Å². The number of benzene rings is 1. The summed E-state index contributed by atoms with van der Waals surface area (Å²) in [5.74, 6) is 6.16. The maximum Gasteiger partial charge on any atom is 0.119 e. The van der Waals surface area contributed by atoms with Crippen molar-refractivity contribution in [1.82, 2.24) is 5.43 Å². The van der Waals surface area contributed by atoms with Crippen LogP contribution in [0.2, 0.25) is 0 Å². The van der Waals surface area contributed by atoms with Crippen molar-refractivity contribution in [2.75, 3.05) is 6.61 Å². The Labute approximate surface area is 85.2 Å². The van der Waals surface area contributed by atoms with Crippen molar-refractivity contribution in [3.63, 3.8) is 0 Å². The van der Waals surface area contributed by atoms with Crippen LogP contribution in [-0.2, 0) is 6.54 Å². The quantitative estimate of drug-likeness (QED) is 0.412. The van der Waals surface area contributed by atoms with Crippen LogP contribution in [0.3, 0.4) is 0 Å². The van der Waals surface area contributed by atoms with Crippen LogP contribution in [0.4, 0.5) is 0 Å². The highest BCUT2D eigenvalue weighted by Gasteiger charge is 1.95. The molecule has 1 aromatic carbocycles. The van der Waals surface area contributed by atoms with Crippen molar-refractivity contribution in [3.05, 3.63) is 29.8 Å². The van der Waals surface area contributed by atoms with Crippen LogP contribution in [0.5, 0.6) is 5.75 Å². The van der Waals surface area contributed by atoms with Gasteiger partial charge in [-0.2, -0.15) is 0 Å². The number of nitrogens with one attached hydrogen (secondary N) is 1. The summed E-state index contributed by atoms with van der Waals surface area (Å²) in [6, 6.07) is 7.98. The van der Waals surface area contributed by atoms with Gasteiger partial charge in [-0.25, -0.2) is 0 Å². The normalized spacial score (nSPS) is 10.1. The molecule has 0 radical (unpaired) electrons. The summed E-state index contributed by atoms with van der Waals surface area (Å²) in [5, 5.41) is 0. The number of ether oxygens (including phenoxy) is 1. The summed E-state index contributed by atoms with van der Waals surface area (Å²) in [7, 11) is 0. The minimum absolute atomic E-state index is 0.672. The first-order valence-electron chi connectivity index (χ1n) is 5.02.